The second kappa shape index (κ2) is 9.12. The van der Waals surface area contributed by atoms with Crippen LogP contribution in [-0.2, 0) is 4.74 Å². The zero-order valence-electron chi connectivity index (χ0n) is 15.6. The van der Waals surface area contributed by atoms with E-state index in [1.807, 2.05) is 6.92 Å². The number of halogens is 1. The molecule has 3 rings (SSSR count). The minimum absolute atomic E-state index is 0.276. The van der Waals surface area contributed by atoms with Crippen LogP contribution in [0.25, 0.3) is 0 Å². The molecule has 27 heavy (non-hydrogen) atoms. The highest BCUT2D eigenvalue weighted by atomic mass is 35.5. The third kappa shape index (κ3) is 5.63. The van der Waals surface area contributed by atoms with Gasteiger partial charge in [-0.25, -0.2) is 9.97 Å². The Bertz CT molecular complexity index is 809. The lowest BCUT2D eigenvalue weighted by Gasteiger charge is -2.26. The highest BCUT2D eigenvalue weighted by Gasteiger charge is 2.13. The maximum atomic E-state index is 12.6. The summed E-state index contributed by atoms with van der Waals surface area (Å²) in [7, 11) is 0. The van der Waals surface area contributed by atoms with Crippen molar-refractivity contribution in [3.05, 3.63) is 46.4 Å². The molecular weight excluding hydrogens is 366 g/mol. The molecule has 1 amide bonds. The molecule has 1 aliphatic heterocycles. The average molecular weight is 390 g/mol. The number of hydrogen-bond acceptors (Lipinski definition) is 6. The lowest BCUT2D eigenvalue weighted by atomic mass is 10.2. The van der Waals surface area contributed by atoms with Gasteiger partial charge < -0.3 is 15.4 Å². The molecule has 0 saturated carbocycles. The molecule has 1 aromatic carbocycles. The molecule has 7 nitrogen and oxygen atoms in total. The van der Waals surface area contributed by atoms with Crippen molar-refractivity contribution in [1.82, 2.24) is 14.9 Å². The molecule has 2 N–H and O–H groups in total. The monoisotopic (exact) mass is 389 g/mol. The molecule has 1 aliphatic rings. The number of morpholine rings is 1. The summed E-state index contributed by atoms with van der Waals surface area (Å²) in [4.78, 5) is 23.6. The van der Waals surface area contributed by atoms with Crippen molar-refractivity contribution in [2.45, 2.75) is 13.8 Å². The Morgan fingerprint density at radius 3 is 2.74 bits per heavy atom. The second-order valence-electron chi connectivity index (χ2n) is 6.48. The molecule has 1 fully saturated rings. The number of benzene rings is 1. The maximum Gasteiger partial charge on any atom is 0.274 e. The minimum atomic E-state index is -0.276. The van der Waals surface area contributed by atoms with Crippen LogP contribution >= 0.6 is 11.6 Å². The molecule has 0 radical (unpaired) electrons. The summed E-state index contributed by atoms with van der Waals surface area (Å²) in [6.45, 7) is 8.76. The predicted octanol–water partition coefficient (Wildman–Crippen LogP) is 2.74. The van der Waals surface area contributed by atoms with Crippen molar-refractivity contribution in [2.75, 3.05) is 50.0 Å². The van der Waals surface area contributed by atoms with Gasteiger partial charge in [0.1, 0.15) is 17.3 Å². The van der Waals surface area contributed by atoms with Crippen LogP contribution in [0.15, 0.2) is 24.3 Å². The smallest absolute Gasteiger partial charge is 0.274 e. The average Bonchev–Trinajstić information content (AvgIpc) is 2.64. The van der Waals surface area contributed by atoms with Crippen molar-refractivity contribution in [3.8, 4) is 0 Å². The van der Waals surface area contributed by atoms with Crippen LogP contribution in [0.3, 0.4) is 0 Å². The summed E-state index contributed by atoms with van der Waals surface area (Å²) in [6, 6.07) is 7.01. The van der Waals surface area contributed by atoms with Crippen molar-refractivity contribution in [3.63, 3.8) is 0 Å². The molecule has 0 spiro atoms. The Balaban J connectivity index is 1.62. The van der Waals surface area contributed by atoms with Crippen LogP contribution in [0.4, 0.5) is 11.5 Å². The molecule has 2 heterocycles. The third-order valence-electron chi connectivity index (χ3n) is 4.35. The molecule has 8 heteroatoms. The predicted molar refractivity (Wildman–Crippen MR) is 107 cm³/mol. The number of hydrogen-bond donors (Lipinski definition) is 2. The third-order valence-corrected chi connectivity index (χ3v) is 4.58. The van der Waals surface area contributed by atoms with E-state index in [9.17, 15) is 4.79 Å². The molecular formula is C19H24ClN5O2. The van der Waals surface area contributed by atoms with Crippen LogP contribution in [0.5, 0.6) is 0 Å². The molecule has 1 aromatic heterocycles. The first-order valence-electron chi connectivity index (χ1n) is 8.98. The van der Waals surface area contributed by atoms with Crippen molar-refractivity contribution in [1.29, 1.82) is 0 Å². The van der Waals surface area contributed by atoms with Crippen LogP contribution in [0.2, 0.25) is 5.02 Å². The van der Waals surface area contributed by atoms with Crippen LogP contribution in [0.1, 0.15) is 21.9 Å². The highest BCUT2D eigenvalue weighted by Crippen LogP contribution is 2.20. The summed E-state index contributed by atoms with van der Waals surface area (Å²) in [5.41, 5.74) is 1.93. The lowest BCUT2D eigenvalue weighted by molar-refractivity contribution is 0.0398. The molecule has 144 valence electrons. The van der Waals surface area contributed by atoms with E-state index in [-0.39, 0.29) is 5.91 Å². The topological polar surface area (TPSA) is 79.4 Å². The van der Waals surface area contributed by atoms with E-state index in [0.29, 0.717) is 28.0 Å². The Morgan fingerprint density at radius 1 is 1.22 bits per heavy atom. The molecule has 0 aliphatic carbocycles. The fourth-order valence-corrected chi connectivity index (χ4v) is 3.12. The number of anilines is 2. The van der Waals surface area contributed by atoms with E-state index in [2.05, 4.69) is 25.5 Å². The number of nitrogens with one attached hydrogen (secondary N) is 2. The molecule has 2 aromatic rings. The second-order valence-corrected chi connectivity index (χ2v) is 6.92. The van der Waals surface area contributed by atoms with Gasteiger partial charge in [-0.15, -0.1) is 0 Å². The standard InChI is InChI=1S/C19H24ClN5O2/c1-13-11-15(20)3-4-16(13)24-19(26)17-12-18(23-14(2)22-17)21-5-6-25-7-9-27-10-8-25/h3-4,11-12H,5-10H2,1-2H3,(H,24,26)(H,21,22,23). The zero-order chi connectivity index (χ0) is 19.2. The van der Waals surface area contributed by atoms with Gasteiger partial charge >= 0.3 is 0 Å². The Morgan fingerprint density at radius 2 is 2.00 bits per heavy atom. The largest absolute Gasteiger partial charge is 0.379 e. The van der Waals surface area contributed by atoms with Gasteiger partial charge in [0, 0.05) is 43.0 Å². The summed E-state index contributed by atoms with van der Waals surface area (Å²) < 4.78 is 5.35. The Hall–Kier alpha value is -2.22. The first-order chi connectivity index (χ1) is 13.0. The SMILES string of the molecule is Cc1nc(NCCN2CCOCC2)cc(C(=O)Nc2ccc(Cl)cc2C)n1. The number of amides is 1. The van der Waals surface area contributed by atoms with Gasteiger partial charge in [-0.3, -0.25) is 9.69 Å². The van der Waals surface area contributed by atoms with Gasteiger partial charge in [0.2, 0.25) is 0 Å². The summed E-state index contributed by atoms with van der Waals surface area (Å²) in [6.07, 6.45) is 0. The first kappa shape index (κ1) is 19.5. The first-order valence-corrected chi connectivity index (χ1v) is 9.36. The maximum absolute atomic E-state index is 12.6. The summed E-state index contributed by atoms with van der Waals surface area (Å²) in [5, 5.41) is 6.79. The number of carbonyl (C=O) groups is 1. The van der Waals surface area contributed by atoms with E-state index in [0.717, 1.165) is 45.0 Å². The van der Waals surface area contributed by atoms with E-state index < -0.39 is 0 Å². The molecule has 0 atom stereocenters. The number of rotatable bonds is 6. The number of ether oxygens (including phenoxy) is 1. The van der Waals surface area contributed by atoms with Crippen molar-refractivity contribution >= 4 is 29.0 Å². The van der Waals surface area contributed by atoms with Crippen molar-refractivity contribution in [2.24, 2.45) is 0 Å². The molecule has 1 saturated heterocycles. The molecule has 0 bridgehead atoms. The Labute approximate surface area is 164 Å². The van der Waals surface area contributed by atoms with Crippen LogP contribution in [0, 0.1) is 13.8 Å². The van der Waals surface area contributed by atoms with Gasteiger partial charge in [0.25, 0.3) is 5.91 Å². The molecule has 0 unspecified atom stereocenters. The number of carbonyl (C=O) groups excluding carboxylic acids is 1. The van der Waals surface area contributed by atoms with Crippen LogP contribution < -0.4 is 10.6 Å². The zero-order valence-corrected chi connectivity index (χ0v) is 16.3. The quantitative estimate of drug-likeness (QED) is 0.790. The fraction of sp³-hybridized carbons (Fsp3) is 0.421. The van der Waals surface area contributed by atoms with Gasteiger partial charge in [0.05, 0.1) is 13.2 Å². The number of aromatic nitrogens is 2. The van der Waals surface area contributed by atoms with E-state index in [1.54, 1.807) is 31.2 Å². The van der Waals surface area contributed by atoms with Gasteiger partial charge in [-0.1, -0.05) is 11.6 Å². The van der Waals surface area contributed by atoms with E-state index in [4.69, 9.17) is 16.3 Å². The van der Waals surface area contributed by atoms with Gasteiger partial charge in [0.15, 0.2) is 0 Å². The number of aryl methyl sites for hydroxylation is 2. The van der Waals surface area contributed by atoms with E-state index in [1.165, 1.54) is 0 Å². The fourth-order valence-electron chi connectivity index (χ4n) is 2.90. The van der Waals surface area contributed by atoms with Gasteiger partial charge in [-0.05, 0) is 37.6 Å². The number of nitrogens with zero attached hydrogens (tertiary/aromatic N) is 3. The Kier molecular flexibility index (Phi) is 6.60. The minimum Gasteiger partial charge on any atom is -0.379 e. The van der Waals surface area contributed by atoms with Gasteiger partial charge in [-0.2, -0.15) is 0 Å². The summed E-state index contributed by atoms with van der Waals surface area (Å²) >= 11 is 5.96. The van der Waals surface area contributed by atoms with E-state index >= 15 is 0 Å². The normalized spacial score (nSPS) is 14.8. The lowest BCUT2D eigenvalue weighted by Crippen LogP contribution is -2.39. The van der Waals surface area contributed by atoms with Crippen molar-refractivity contribution < 1.29 is 9.53 Å². The highest BCUT2D eigenvalue weighted by molar-refractivity contribution is 6.30. The van der Waals surface area contributed by atoms with Crippen LogP contribution in [-0.4, -0.2) is 60.2 Å². The summed E-state index contributed by atoms with van der Waals surface area (Å²) in [5.74, 6) is 0.917.